The molecule has 1 atom stereocenters. The lowest BCUT2D eigenvalue weighted by Gasteiger charge is -2.08. The monoisotopic (exact) mass is 430 g/mol. The fraction of sp³-hybridized carbons (Fsp3) is 0.190. The van der Waals surface area contributed by atoms with Crippen molar-refractivity contribution in [2.75, 3.05) is 5.32 Å². The number of rotatable bonds is 5. The summed E-state index contributed by atoms with van der Waals surface area (Å²) >= 11 is 6.08. The quantitative estimate of drug-likeness (QED) is 0.656. The van der Waals surface area contributed by atoms with Crippen LogP contribution in [0.4, 0.5) is 14.6 Å². The molecule has 0 bridgehead atoms. The molecule has 30 heavy (non-hydrogen) atoms. The van der Waals surface area contributed by atoms with E-state index in [0.29, 0.717) is 27.7 Å². The van der Waals surface area contributed by atoms with Gasteiger partial charge in [0.2, 0.25) is 6.10 Å². The molecule has 0 spiro atoms. The van der Waals surface area contributed by atoms with Gasteiger partial charge in [-0.3, -0.25) is 9.48 Å². The summed E-state index contributed by atoms with van der Waals surface area (Å²) in [6.07, 6.45) is -0.571. The predicted octanol–water partition coefficient (Wildman–Crippen LogP) is 4.30. The Kier molecular flexibility index (Phi) is 5.50. The van der Waals surface area contributed by atoms with E-state index in [1.54, 1.807) is 35.9 Å². The number of amides is 1. The number of oxime groups is 1. The van der Waals surface area contributed by atoms with Crippen molar-refractivity contribution in [1.82, 2.24) is 9.78 Å². The Hall–Kier alpha value is -3.26. The van der Waals surface area contributed by atoms with Gasteiger partial charge in [0.05, 0.1) is 12.3 Å². The Morgan fingerprint density at radius 1 is 1.27 bits per heavy atom. The number of hydrogen-bond acceptors (Lipinski definition) is 4. The Balaban J connectivity index is 1.41. The first kappa shape index (κ1) is 20.0. The van der Waals surface area contributed by atoms with Crippen LogP contribution in [0.2, 0.25) is 5.02 Å². The van der Waals surface area contributed by atoms with E-state index >= 15 is 0 Å². The number of halogens is 3. The third-order valence-electron chi connectivity index (χ3n) is 4.74. The zero-order valence-electron chi connectivity index (χ0n) is 15.9. The average molecular weight is 431 g/mol. The zero-order valence-corrected chi connectivity index (χ0v) is 16.7. The van der Waals surface area contributed by atoms with Gasteiger partial charge < -0.3 is 10.2 Å². The third-order valence-corrected chi connectivity index (χ3v) is 5.09. The molecular weight excluding hydrogens is 414 g/mol. The van der Waals surface area contributed by atoms with Crippen LogP contribution in [-0.4, -0.2) is 27.5 Å². The van der Waals surface area contributed by atoms with Crippen molar-refractivity contribution in [2.24, 2.45) is 5.16 Å². The van der Waals surface area contributed by atoms with Crippen LogP contribution < -0.4 is 5.32 Å². The maximum absolute atomic E-state index is 14.0. The molecule has 6 nitrogen and oxygen atoms in total. The number of nitrogens with one attached hydrogen (secondary N) is 1. The topological polar surface area (TPSA) is 68.5 Å². The summed E-state index contributed by atoms with van der Waals surface area (Å²) in [6.45, 7) is 1.92. The van der Waals surface area contributed by atoms with Gasteiger partial charge in [-0.2, -0.15) is 5.10 Å². The lowest BCUT2D eigenvalue weighted by molar-refractivity contribution is -0.125. The smallest absolute Gasteiger partial charge is 0.269 e. The second-order valence-electron chi connectivity index (χ2n) is 6.86. The standard InChI is InChI=1S/C21H17ClF2N4O2/c1-12-9-20(26-28(12)11-15-16(22)3-2-4-17(15)24)25-21(29)19-10-18(27-30-19)13-5-7-14(23)8-6-13/h2-9,19H,10-11H2,1H3,(H,25,26,29). The van der Waals surface area contributed by atoms with Crippen LogP contribution in [0, 0.1) is 18.6 Å². The fourth-order valence-electron chi connectivity index (χ4n) is 3.10. The second-order valence-corrected chi connectivity index (χ2v) is 7.27. The molecule has 1 aliphatic heterocycles. The number of aryl methyl sites for hydroxylation is 1. The van der Waals surface area contributed by atoms with Gasteiger partial charge in [-0.15, -0.1) is 0 Å². The summed E-state index contributed by atoms with van der Waals surface area (Å²) in [4.78, 5) is 17.8. The molecule has 0 saturated heterocycles. The van der Waals surface area contributed by atoms with E-state index in [2.05, 4.69) is 15.6 Å². The molecule has 0 radical (unpaired) electrons. The molecule has 0 saturated carbocycles. The lowest BCUT2D eigenvalue weighted by atomic mass is 10.0. The highest BCUT2D eigenvalue weighted by atomic mass is 35.5. The van der Waals surface area contributed by atoms with Crippen LogP contribution in [-0.2, 0) is 16.2 Å². The first-order chi connectivity index (χ1) is 14.4. The molecule has 9 heteroatoms. The Bertz CT molecular complexity index is 1110. The van der Waals surface area contributed by atoms with Crippen molar-refractivity contribution >= 4 is 29.0 Å². The number of carbonyl (C=O) groups is 1. The second kappa shape index (κ2) is 8.23. The zero-order chi connectivity index (χ0) is 21.3. The SMILES string of the molecule is Cc1cc(NC(=O)C2CC(c3ccc(F)cc3)=NO2)nn1Cc1c(F)cccc1Cl. The van der Waals surface area contributed by atoms with Gasteiger partial charge in [0.25, 0.3) is 5.91 Å². The summed E-state index contributed by atoms with van der Waals surface area (Å²) in [5.41, 5.74) is 2.29. The lowest BCUT2D eigenvalue weighted by Crippen LogP contribution is -2.28. The Morgan fingerprint density at radius 3 is 2.77 bits per heavy atom. The van der Waals surface area contributed by atoms with Crippen molar-refractivity contribution in [3.8, 4) is 0 Å². The molecule has 0 fully saturated rings. The van der Waals surface area contributed by atoms with Gasteiger partial charge in [-0.1, -0.05) is 35.0 Å². The van der Waals surface area contributed by atoms with Crippen molar-refractivity contribution in [2.45, 2.75) is 26.0 Å². The van der Waals surface area contributed by atoms with Gasteiger partial charge >= 0.3 is 0 Å². The van der Waals surface area contributed by atoms with Crippen molar-refractivity contribution in [1.29, 1.82) is 0 Å². The first-order valence-electron chi connectivity index (χ1n) is 9.17. The van der Waals surface area contributed by atoms with Crippen LogP contribution in [0.5, 0.6) is 0 Å². The van der Waals surface area contributed by atoms with E-state index < -0.39 is 17.8 Å². The molecule has 1 amide bonds. The minimum absolute atomic E-state index is 0.130. The molecule has 154 valence electrons. The molecule has 0 aliphatic carbocycles. The van der Waals surface area contributed by atoms with E-state index in [0.717, 1.165) is 5.69 Å². The number of benzene rings is 2. The molecule has 1 aromatic heterocycles. The third kappa shape index (κ3) is 4.18. The molecule has 2 heterocycles. The van der Waals surface area contributed by atoms with Crippen LogP contribution in [0.3, 0.4) is 0 Å². The van der Waals surface area contributed by atoms with Gasteiger partial charge in [0, 0.05) is 28.8 Å². The highest BCUT2D eigenvalue weighted by Crippen LogP contribution is 2.22. The van der Waals surface area contributed by atoms with Gasteiger partial charge in [0.15, 0.2) is 5.82 Å². The van der Waals surface area contributed by atoms with Crippen molar-refractivity contribution < 1.29 is 18.4 Å². The maximum atomic E-state index is 14.0. The molecule has 1 N–H and O–H groups in total. The summed E-state index contributed by atoms with van der Waals surface area (Å²) in [7, 11) is 0. The maximum Gasteiger partial charge on any atom is 0.269 e. The number of hydrogen-bond donors (Lipinski definition) is 1. The average Bonchev–Trinajstić information content (AvgIpc) is 3.33. The number of aromatic nitrogens is 2. The minimum atomic E-state index is -0.823. The summed E-state index contributed by atoms with van der Waals surface area (Å²) in [5, 5.41) is 11.2. The van der Waals surface area contributed by atoms with E-state index in [1.165, 1.54) is 24.3 Å². The van der Waals surface area contributed by atoms with E-state index in [9.17, 15) is 13.6 Å². The normalized spacial score (nSPS) is 15.6. The molecule has 1 unspecified atom stereocenters. The number of carbonyl (C=O) groups excluding carboxylic acids is 1. The Labute approximate surface area is 176 Å². The highest BCUT2D eigenvalue weighted by molar-refractivity contribution is 6.31. The van der Waals surface area contributed by atoms with Gasteiger partial charge in [-0.05, 0) is 36.8 Å². The molecule has 1 aliphatic rings. The summed E-state index contributed by atoms with van der Waals surface area (Å²) < 4.78 is 28.7. The summed E-state index contributed by atoms with van der Waals surface area (Å²) in [6, 6.07) is 11.9. The molecule has 2 aromatic carbocycles. The van der Waals surface area contributed by atoms with Crippen LogP contribution in [0.15, 0.2) is 53.7 Å². The largest absolute Gasteiger partial charge is 0.382 e. The number of anilines is 1. The van der Waals surface area contributed by atoms with Crippen molar-refractivity contribution in [3.05, 3.63) is 82.0 Å². The molecular formula is C21H17ClF2N4O2. The minimum Gasteiger partial charge on any atom is -0.382 e. The van der Waals surface area contributed by atoms with Crippen LogP contribution in [0.1, 0.15) is 23.2 Å². The highest BCUT2D eigenvalue weighted by Gasteiger charge is 2.29. The number of nitrogens with zero attached hydrogens (tertiary/aromatic N) is 3. The summed E-state index contributed by atoms with van der Waals surface area (Å²) in [5.74, 6) is -0.878. The van der Waals surface area contributed by atoms with Crippen LogP contribution in [0.25, 0.3) is 0 Å². The van der Waals surface area contributed by atoms with Gasteiger partial charge in [-0.25, -0.2) is 8.78 Å². The fourth-order valence-corrected chi connectivity index (χ4v) is 3.32. The molecule has 3 aromatic rings. The van der Waals surface area contributed by atoms with Gasteiger partial charge in [0.1, 0.15) is 11.6 Å². The van der Waals surface area contributed by atoms with E-state index in [4.69, 9.17) is 16.4 Å². The molecule has 4 rings (SSSR count). The Morgan fingerprint density at radius 2 is 2.03 bits per heavy atom. The van der Waals surface area contributed by atoms with E-state index in [1.807, 2.05) is 0 Å². The van der Waals surface area contributed by atoms with Crippen LogP contribution >= 0.6 is 11.6 Å². The predicted molar refractivity (Wildman–Crippen MR) is 109 cm³/mol. The van der Waals surface area contributed by atoms with E-state index in [-0.39, 0.29) is 18.8 Å². The van der Waals surface area contributed by atoms with Crippen molar-refractivity contribution in [3.63, 3.8) is 0 Å². The first-order valence-corrected chi connectivity index (χ1v) is 9.55.